The summed E-state index contributed by atoms with van der Waals surface area (Å²) in [6.45, 7) is 5.10. The van der Waals surface area contributed by atoms with Crippen molar-refractivity contribution < 1.29 is 9.18 Å². The number of hydrogen-bond donors (Lipinski definition) is 2. The highest BCUT2D eigenvalue weighted by molar-refractivity contribution is 5.98. The highest BCUT2D eigenvalue weighted by Crippen LogP contribution is 2.22. The second kappa shape index (κ2) is 5.81. The van der Waals surface area contributed by atoms with Crippen LogP contribution in [0.2, 0.25) is 0 Å². The van der Waals surface area contributed by atoms with E-state index in [1.807, 2.05) is 13.0 Å². The first-order chi connectivity index (χ1) is 8.81. The first kappa shape index (κ1) is 15.1. The van der Waals surface area contributed by atoms with Gasteiger partial charge in [0.05, 0.1) is 17.2 Å². The number of carbonyl (C=O) groups excluding carboxylic acids is 1. The summed E-state index contributed by atoms with van der Waals surface area (Å²) in [5.41, 5.74) is 5.63. The molecule has 1 atom stereocenters. The molecule has 0 saturated heterocycles. The van der Waals surface area contributed by atoms with Crippen LogP contribution in [-0.4, -0.2) is 11.4 Å². The van der Waals surface area contributed by atoms with Gasteiger partial charge in [-0.2, -0.15) is 5.26 Å². The minimum atomic E-state index is -1.01. The summed E-state index contributed by atoms with van der Waals surface area (Å²) in [4.78, 5) is 12.0. The van der Waals surface area contributed by atoms with Gasteiger partial charge in [0.15, 0.2) is 0 Å². The van der Waals surface area contributed by atoms with E-state index in [0.717, 1.165) is 12.5 Å². The Bertz CT molecular complexity index is 532. The van der Waals surface area contributed by atoms with Gasteiger partial charge in [0.25, 0.3) is 0 Å². The van der Waals surface area contributed by atoms with Gasteiger partial charge >= 0.3 is 0 Å². The molecule has 0 aliphatic rings. The molecule has 0 fully saturated rings. The van der Waals surface area contributed by atoms with Crippen LogP contribution in [-0.2, 0) is 4.79 Å². The molecule has 0 spiro atoms. The zero-order chi connectivity index (χ0) is 14.6. The number of rotatable bonds is 4. The quantitative estimate of drug-likeness (QED) is 0.875. The second-order valence-electron chi connectivity index (χ2n) is 4.86. The number of amides is 1. The summed E-state index contributed by atoms with van der Waals surface area (Å²) in [5.74, 6) is -0.907. The Balaban J connectivity index is 3.04. The maximum absolute atomic E-state index is 13.6. The topological polar surface area (TPSA) is 78.9 Å². The first-order valence-corrected chi connectivity index (χ1v) is 6.12. The molecule has 1 aromatic rings. The van der Waals surface area contributed by atoms with Crippen LogP contribution < -0.4 is 11.1 Å². The monoisotopic (exact) mass is 263 g/mol. The lowest BCUT2D eigenvalue weighted by molar-refractivity contribution is -0.120. The van der Waals surface area contributed by atoms with E-state index in [1.165, 1.54) is 6.07 Å². The smallest absolute Gasteiger partial charge is 0.244 e. The van der Waals surface area contributed by atoms with E-state index in [9.17, 15) is 9.18 Å². The molecule has 1 amide bonds. The van der Waals surface area contributed by atoms with Crippen molar-refractivity contribution in [2.45, 2.75) is 39.2 Å². The van der Waals surface area contributed by atoms with E-state index in [0.29, 0.717) is 12.0 Å². The molecule has 0 heterocycles. The molecule has 0 aromatic heterocycles. The van der Waals surface area contributed by atoms with Gasteiger partial charge in [-0.1, -0.05) is 13.3 Å². The lowest BCUT2D eigenvalue weighted by Crippen LogP contribution is -2.48. The summed E-state index contributed by atoms with van der Waals surface area (Å²) in [7, 11) is 0. The van der Waals surface area contributed by atoms with Crippen LogP contribution in [0.1, 0.15) is 37.8 Å². The van der Waals surface area contributed by atoms with Gasteiger partial charge < -0.3 is 11.1 Å². The molecule has 0 saturated carbocycles. The lowest BCUT2D eigenvalue weighted by Gasteiger charge is -2.23. The Morgan fingerprint density at radius 3 is 2.74 bits per heavy atom. The summed E-state index contributed by atoms with van der Waals surface area (Å²) in [6, 6.07) is 4.43. The fraction of sp³-hybridized carbons (Fsp3) is 0.429. The minimum absolute atomic E-state index is 0.160. The van der Waals surface area contributed by atoms with Crippen molar-refractivity contribution in [3.8, 4) is 6.07 Å². The molecule has 0 radical (unpaired) electrons. The number of nitriles is 1. The molecular weight excluding hydrogens is 245 g/mol. The molecule has 102 valence electrons. The van der Waals surface area contributed by atoms with E-state index in [1.54, 1.807) is 13.8 Å². The third-order valence-corrected chi connectivity index (χ3v) is 3.01. The van der Waals surface area contributed by atoms with Gasteiger partial charge in [0.1, 0.15) is 5.82 Å². The number of nitrogens with two attached hydrogens (primary N) is 1. The van der Waals surface area contributed by atoms with Gasteiger partial charge in [-0.15, -0.1) is 0 Å². The third-order valence-electron chi connectivity index (χ3n) is 3.01. The predicted molar refractivity (Wildman–Crippen MR) is 72.0 cm³/mol. The second-order valence-corrected chi connectivity index (χ2v) is 4.86. The van der Waals surface area contributed by atoms with Crippen LogP contribution in [0.3, 0.4) is 0 Å². The molecule has 1 aromatic carbocycles. The van der Waals surface area contributed by atoms with Crippen molar-refractivity contribution in [2.75, 3.05) is 5.32 Å². The molecule has 4 nitrogen and oxygen atoms in total. The van der Waals surface area contributed by atoms with Gasteiger partial charge in [-0.3, -0.25) is 4.79 Å². The van der Waals surface area contributed by atoms with Crippen molar-refractivity contribution in [2.24, 2.45) is 5.73 Å². The van der Waals surface area contributed by atoms with Crippen molar-refractivity contribution in [1.82, 2.24) is 0 Å². The Labute approximate surface area is 112 Å². The zero-order valence-electron chi connectivity index (χ0n) is 11.4. The highest BCUT2D eigenvalue weighted by atomic mass is 19.1. The molecule has 5 heteroatoms. The largest absolute Gasteiger partial charge is 0.324 e. The Morgan fingerprint density at radius 2 is 2.21 bits per heavy atom. The molecule has 1 unspecified atom stereocenters. The van der Waals surface area contributed by atoms with Crippen LogP contribution in [0.15, 0.2) is 12.1 Å². The van der Waals surface area contributed by atoms with Crippen LogP contribution in [0.5, 0.6) is 0 Å². The average molecular weight is 263 g/mol. The molecule has 3 N–H and O–H groups in total. The molecule has 0 bridgehead atoms. The van der Waals surface area contributed by atoms with Gasteiger partial charge in [-0.05, 0) is 32.4 Å². The van der Waals surface area contributed by atoms with Crippen molar-refractivity contribution in [3.63, 3.8) is 0 Å². The number of nitrogens with zero attached hydrogens (tertiary/aromatic N) is 1. The highest BCUT2D eigenvalue weighted by Gasteiger charge is 2.27. The maximum Gasteiger partial charge on any atom is 0.244 e. The Kier molecular flexibility index (Phi) is 4.62. The van der Waals surface area contributed by atoms with Crippen molar-refractivity contribution in [1.29, 1.82) is 5.26 Å². The Morgan fingerprint density at radius 1 is 1.58 bits per heavy atom. The molecule has 19 heavy (non-hydrogen) atoms. The van der Waals surface area contributed by atoms with Gasteiger partial charge in [-0.25, -0.2) is 4.39 Å². The van der Waals surface area contributed by atoms with Crippen LogP contribution >= 0.6 is 0 Å². The van der Waals surface area contributed by atoms with Crippen LogP contribution in [0, 0.1) is 24.1 Å². The number of halogens is 1. The van der Waals surface area contributed by atoms with E-state index in [-0.39, 0.29) is 17.2 Å². The van der Waals surface area contributed by atoms with E-state index in [4.69, 9.17) is 11.0 Å². The van der Waals surface area contributed by atoms with E-state index < -0.39 is 11.4 Å². The summed E-state index contributed by atoms with van der Waals surface area (Å²) < 4.78 is 13.6. The van der Waals surface area contributed by atoms with Gasteiger partial charge in [0, 0.05) is 11.3 Å². The summed E-state index contributed by atoms with van der Waals surface area (Å²) in [6.07, 6.45) is 1.30. The van der Waals surface area contributed by atoms with E-state index >= 15 is 0 Å². The lowest BCUT2D eigenvalue weighted by atomic mass is 9.96. The van der Waals surface area contributed by atoms with Crippen molar-refractivity contribution >= 4 is 11.6 Å². The fourth-order valence-electron chi connectivity index (χ4n) is 1.77. The SMILES string of the molecule is CCCC(C)(N)C(=O)Nc1cc(C#N)cc(F)c1C. The fourth-order valence-corrected chi connectivity index (χ4v) is 1.77. The molecule has 0 aliphatic carbocycles. The number of nitrogens with one attached hydrogen (secondary N) is 1. The van der Waals surface area contributed by atoms with Crippen molar-refractivity contribution in [3.05, 3.63) is 29.1 Å². The standard InChI is InChI=1S/C14H18FN3O/c1-4-5-14(3,17)13(19)18-12-7-10(8-16)6-11(15)9(12)2/h6-7H,4-5,17H2,1-3H3,(H,18,19). The number of anilines is 1. The summed E-state index contributed by atoms with van der Waals surface area (Å²) in [5, 5.41) is 11.4. The Hall–Kier alpha value is -1.93. The third kappa shape index (κ3) is 3.52. The number of benzene rings is 1. The van der Waals surface area contributed by atoms with Crippen LogP contribution in [0.25, 0.3) is 0 Å². The average Bonchev–Trinajstić information content (AvgIpc) is 2.34. The van der Waals surface area contributed by atoms with E-state index in [2.05, 4.69) is 5.32 Å². The molecular formula is C14H18FN3O. The van der Waals surface area contributed by atoms with Crippen LogP contribution in [0.4, 0.5) is 10.1 Å². The first-order valence-electron chi connectivity index (χ1n) is 6.12. The zero-order valence-corrected chi connectivity index (χ0v) is 11.4. The normalized spacial score (nSPS) is 13.5. The van der Waals surface area contributed by atoms with Gasteiger partial charge in [0.2, 0.25) is 5.91 Å². The number of carbonyl (C=O) groups is 1. The maximum atomic E-state index is 13.6. The molecule has 1 rings (SSSR count). The molecule has 0 aliphatic heterocycles. The number of hydrogen-bond acceptors (Lipinski definition) is 3. The minimum Gasteiger partial charge on any atom is -0.324 e. The summed E-state index contributed by atoms with van der Waals surface area (Å²) >= 11 is 0. The predicted octanol–water partition coefficient (Wildman–Crippen LogP) is 2.46.